The van der Waals surface area contributed by atoms with E-state index in [1.165, 1.54) is 12.8 Å². The van der Waals surface area contributed by atoms with Crippen LogP contribution in [-0.4, -0.2) is 84.6 Å². The van der Waals surface area contributed by atoms with Gasteiger partial charge in [0.2, 0.25) is 5.95 Å². The van der Waals surface area contributed by atoms with Gasteiger partial charge in [0.25, 0.3) is 0 Å². The highest BCUT2D eigenvalue weighted by Crippen LogP contribution is 2.25. The molecular weight excluding hydrogens is 302 g/mol. The van der Waals surface area contributed by atoms with Crippen LogP contribution in [0.15, 0.2) is 23.5 Å². The van der Waals surface area contributed by atoms with Crippen molar-refractivity contribution >= 4 is 11.9 Å². The molecule has 132 valence electrons. The van der Waals surface area contributed by atoms with E-state index in [0.717, 1.165) is 63.8 Å². The Kier molecular flexibility index (Phi) is 5.85. The molecule has 24 heavy (non-hydrogen) atoms. The van der Waals surface area contributed by atoms with Crippen molar-refractivity contribution in [2.24, 2.45) is 4.99 Å². The van der Waals surface area contributed by atoms with Crippen molar-refractivity contribution in [2.45, 2.75) is 25.8 Å². The monoisotopic (exact) mass is 331 g/mol. The molecule has 0 spiro atoms. The summed E-state index contributed by atoms with van der Waals surface area (Å²) in [5.74, 6) is 1.83. The molecule has 0 radical (unpaired) electrons. The Bertz CT molecular complexity index is 521. The summed E-state index contributed by atoms with van der Waals surface area (Å²) in [7, 11) is 1.87. The number of anilines is 1. The Morgan fingerprint density at radius 1 is 1.25 bits per heavy atom. The lowest BCUT2D eigenvalue weighted by molar-refractivity contribution is 0.279. The summed E-state index contributed by atoms with van der Waals surface area (Å²) in [5.41, 5.74) is 0. The topological polar surface area (TPSA) is 59.9 Å². The molecule has 7 heteroatoms. The number of aromatic nitrogens is 2. The average molecular weight is 331 g/mol. The van der Waals surface area contributed by atoms with E-state index in [-0.39, 0.29) is 0 Å². The van der Waals surface area contributed by atoms with Gasteiger partial charge in [0, 0.05) is 64.8 Å². The van der Waals surface area contributed by atoms with Crippen molar-refractivity contribution in [2.75, 3.05) is 57.8 Å². The van der Waals surface area contributed by atoms with Gasteiger partial charge in [-0.25, -0.2) is 9.97 Å². The van der Waals surface area contributed by atoms with Gasteiger partial charge in [0.1, 0.15) is 0 Å². The zero-order valence-electron chi connectivity index (χ0n) is 14.9. The van der Waals surface area contributed by atoms with Gasteiger partial charge in [0.15, 0.2) is 5.96 Å². The molecule has 1 N–H and O–H groups in total. The van der Waals surface area contributed by atoms with E-state index < -0.39 is 0 Å². The third-order valence-electron chi connectivity index (χ3n) is 4.78. The van der Waals surface area contributed by atoms with E-state index >= 15 is 0 Å². The van der Waals surface area contributed by atoms with Gasteiger partial charge >= 0.3 is 0 Å². The van der Waals surface area contributed by atoms with E-state index in [4.69, 9.17) is 0 Å². The maximum atomic E-state index is 4.46. The minimum absolute atomic E-state index is 0.822. The molecule has 1 aromatic heterocycles. The van der Waals surface area contributed by atoms with Crippen LogP contribution in [0.5, 0.6) is 0 Å². The lowest BCUT2D eigenvalue weighted by Crippen LogP contribution is -2.53. The highest BCUT2D eigenvalue weighted by Gasteiger charge is 2.27. The molecule has 0 unspecified atom stereocenters. The van der Waals surface area contributed by atoms with Crippen molar-refractivity contribution in [3.63, 3.8) is 0 Å². The molecule has 1 aliphatic carbocycles. The van der Waals surface area contributed by atoms with Gasteiger partial charge in [0.05, 0.1) is 0 Å². The Morgan fingerprint density at radius 3 is 2.54 bits per heavy atom. The summed E-state index contributed by atoms with van der Waals surface area (Å²) in [6, 6.07) is 2.68. The van der Waals surface area contributed by atoms with E-state index in [0.29, 0.717) is 0 Å². The van der Waals surface area contributed by atoms with Crippen LogP contribution in [0.25, 0.3) is 0 Å². The van der Waals surface area contributed by atoms with Crippen molar-refractivity contribution in [3.05, 3.63) is 18.5 Å². The number of guanidine groups is 1. The van der Waals surface area contributed by atoms with E-state index in [1.807, 2.05) is 13.1 Å². The lowest BCUT2D eigenvalue weighted by Gasteiger charge is -2.36. The van der Waals surface area contributed by atoms with E-state index in [2.05, 4.69) is 41.9 Å². The number of rotatable bonds is 6. The summed E-state index contributed by atoms with van der Waals surface area (Å²) in [6.45, 7) is 9.17. The van der Waals surface area contributed by atoms with Gasteiger partial charge in [-0.2, -0.15) is 0 Å². The second-order valence-electron chi connectivity index (χ2n) is 6.36. The van der Waals surface area contributed by atoms with Gasteiger partial charge in [-0.05, 0) is 25.5 Å². The van der Waals surface area contributed by atoms with E-state index in [9.17, 15) is 0 Å². The van der Waals surface area contributed by atoms with Crippen LogP contribution >= 0.6 is 0 Å². The van der Waals surface area contributed by atoms with Crippen LogP contribution in [0.2, 0.25) is 0 Å². The Morgan fingerprint density at radius 2 is 1.96 bits per heavy atom. The number of nitrogens with zero attached hydrogens (tertiary/aromatic N) is 6. The first kappa shape index (κ1) is 17.0. The minimum Gasteiger partial charge on any atom is -0.355 e. The molecule has 2 fully saturated rings. The fourth-order valence-electron chi connectivity index (χ4n) is 3.25. The maximum absolute atomic E-state index is 4.46. The molecule has 1 saturated carbocycles. The second-order valence-corrected chi connectivity index (χ2v) is 6.36. The minimum atomic E-state index is 0.822. The average Bonchev–Trinajstić information content (AvgIpc) is 3.48. The summed E-state index contributed by atoms with van der Waals surface area (Å²) < 4.78 is 0. The molecule has 0 amide bonds. The summed E-state index contributed by atoms with van der Waals surface area (Å²) in [4.78, 5) is 20.3. The quantitative estimate of drug-likeness (QED) is 0.610. The maximum Gasteiger partial charge on any atom is 0.225 e. The highest BCUT2D eigenvalue weighted by atomic mass is 15.4. The zero-order chi connectivity index (χ0) is 16.8. The third kappa shape index (κ3) is 4.35. The third-order valence-corrected chi connectivity index (χ3v) is 4.78. The predicted molar refractivity (Wildman–Crippen MR) is 97.4 cm³/mol. The zero-order valence-corrected chi connectivity index (χ0v) is 14.9. The standard InChI is InChI=1S/C17H29N7/c1-3-22(15-5-6-15)10-9-21-16(18-2)23-11-13-24(14-12-23)17-19-7-4-8-20-17/h4,7-8,15H,3,5-6,9-14H2,1-2H3,(H,18,21). The van der Waals surface area contributed by atoms with Crippen molar-refractivity contribution in [1.82, 2.24) is 25.1 Å². The molecule has 3 rings (SSSR count). The summed E-state index contributed by atoms with van der Waals surface area (Å²) in [6.07, 6.45) is 6.33. The smallest absolute Gasteiger partial charge is 0.225 e. The van der Waals surface area contributed by atoms with Crippen LogP contribution in [0.1, 0.15) is 19.8 Å². The largest absolute Gasteiger partial charge is 0.355 e. The van der Waals surface area contributed by atoms with Crippen molar-refractivity contribution < 1.29 is 0 Å². The number of hydrogen-bond acceptors (Lipinski definition) is 5. The van der Waals surface area contributed by atoms with Crippen LogP contribution in [0.3, 0.4) is 0 Å². The van der Waals surface area contributed by atoms with Crippen molar-refractivity contribution in [3.8, 4) is 0 Å². The number of hydrogen-bond donors (Lipinski definition) is 1. The fourth-order valence-corrected chi connectivity index (χ4v) is 3.25. The number of piperazine rings is 1. The van der Waals surface area contributed by atoms with E-state index in [1.54, 1.807) is 12.4 Å². The van der Waals surface area contributed by atoms with Crippen LogP contribution < -0.4 is 10.2 Å². The molecule has 0 atom stereocenters. The summed E-state index contributed by atoms with van der Waals surface area (Å²) >= 11 is 0. The van der Waals surface area contributed by atoms with Gasteiger partial charge in [-0.1, -0.05) is 6.92 Å². The fraction of sp³-hybridized carbons (Fsp3) is 0.706. The Labute approximate surface area is 144 Å². The predicted octanol–water partition coefficient (Wildman–Crippen LogP) is 0.658. The van der Waals surface area contributed by atoms with Gasteiger partial charge in [-0.3, -0.25) is 9.89 Å². The molecule has 0 bridgehead atoms. The van der Waals surface area contributed by atoms with Crippen LogP contribution in [0, 0.1) is 0 Å². The normalized spacial score (nSPS) is 19.0. The lowest BCUT2D eigenvalue weighted by atomic mass is 10.3. The van der Waals surface area contributed by atoms with Gasteiger partial charge < -0.3 is 15.1 Å². The highest BCUT2D eigenvalue weighted by molar-refractivity contribution is 5.80. The van der Waals surface area contributed by atoms with Crippen molar-refractivity contribution in [1.29, 1.82) is 0 Å². The molecular formula is C17H29N7. The Balaban J connectivity index is 1.43. The first-order chi connectivity index (χ1) is 11.8. The molecule has 1 aliphatic heterocycles. The SMILES string of the molecule is CCN(CCNC(=NC)N1CCN(c2ncccn2)CC1)C1CC1. The molecule has 1 saturated heterocycles. The number of nitrogens with one attached hydrogen (secondary N) is 1. The summed E-state index contributed by atoms with van der Waals surface area (Å²) in [5, 5.41) is 3.53. The number of aliphatic imine (C=N–C) groups is 1. The molecule has 1 aromatic rings. The first-order valence-corrected chi connectivity index (χ1v) is 9.03. The molecule has 0 aromatic carbocycles. The Hall–Kier alpha value is -1.89. The van der Waals surface area contributed by atoms with Gasteiger partial charge in [-0.15, -0.1) is 0 Å². The molecule has 2 aliphatic rings. The molecule has 2 heterocycles. The number of likely N-dealkylation sites (N-methyl/N-ethyl adjacent to an activating group) is 1. The van der Waals surface area contributed by atoms with Crippen LogP contribution in [0.4, 0.5) is 5.95 Å². The second kappa shape index (κ2) is 8.28. The van der Waals surface area contributed by atoms with Crippen LogP contribution in [-0.2, 0) is 0 Å². The molecule has 7 nitrogen and oxygen atoms in total. The first-order valence-electron chi connectivity index (χ1n) is 9.03.